The Morgan fingerprint density at radius 2 is 2.08 bits per heavy atom. The molecular weight excluding hydrogens is 332 g/mol. The van der Waals surface area contributed by atoms with Gasteiger partial charge in [-0.25, -0.2) is 8.42 Å². The van der Waals surface area contributed by atoms with Crippen molar-refractivity contribution in [3.8, 4) is 5.75 Å². The number of rotatable bonds is 5. The van der Waals surface area contributed by atoms with Crippen molar-refractivity contribution >= 4 is 21.6 Å². The molecule has 0 saturated heterocycles. The van der Waals surface area contributed by atoms with Gasteiger partial charge < -0.3 is 14.5 Å². The van der Waals surface area contributed by atoms with Crippen LogP contribution in [0.2, 0.25) is 0 Å². The lowest BCUT2D eigenvalue weighted by Gasteiger charge is -2.23. The number of amides is 1. The second-order valence-electron chi connectivity index (χ2n) is 5.86. The molecule has 1 aromatic carbocycles. The average Bonchev–Trinajstić information content (AvgIpc) is 3.27. The van der Waals surface area contributed by atoms with E-state index in [9.17, 15) is 13.2 Å². The Labute approximate surface area is 139 Å². The molecule has 2 heterocycles. The zero-order valence-corrected chi connectivity index (χ0v) is 13.6. The normalized spacial score (nSPS) is 17.3. The van der Waals surface area contributed by atoms with E-state index in [1.165, 1.54) is 22.7 Å². The molecule has 1 aliphatic heterocycles. The average molecular weight is 348 g/mol. The lowest BCUT2D eigenvalue weighted by Crippen LogP contribution is -2.33. The van der Waals surface area contributed by atoms with Crippen LogP contribution in [0, 0.1) is 0 Å². The molecule has 0 atom stereocenters. The van der Waals surface area contributed by atoms with Gasteiger partial charge in [0.1, 0.15) is 11.5 Å². The van der Waals surface area contributed by atoms with E-state index in [0.29, 0.717) is 17.2 Å². The molecule has 0 radical (unpaired) electrons. The summed E-state index contributed by atoms with van der Waals surface area (Å²) in [5.41, 5.74) is 0.376. The summed E-state index contributed by atoms with van der Waals surface area (Å²) in [6, 6.07) is 7.99. The number of benzene rings is 1. The second-order valence-corrected chi connectivity index (χ2v) is 7.75. The Morgan fingerprint density at radius 3 is 2.79 bits per heavy atom. The van der Waals surface area contributed by atoms with Gasteiger partial charge in [-0.1, -0.05) is 0 Å². The molecule has 1 amide bonds. The van der Waals surface area contributed by atoms with E-state index >= 15 is 0 Å². The zero-order valence-electron chi connectivity index (χ0n) is 12.8. The summed E-state index contributed by atoms with van der Waals surface area (Å²) < 4.78 is 38.1. The first kappa shape index (κ1) is 15.2. The number of hydrogen-bond donors (Lipinski definition) is 1. The molecule has 7 nitrogen and oxygen atoms in total. The summed E-state index contributed by atoms with van der Waals surface area (Å²) in [6.45, 7) is 0.131. The Morgan fingerprint density at radius 1 is 1.25 bits per heavy atom. The van der Waals surface area contributed by atoms with Crippen molar-refractivity contribution in [2.45, 2.75) is 30.3 Å². The molecule has 0 bridgehead atoms. The van der Waals surface area contributed by atoms with Gasteiger partial charge in [0.2, 0.25) is 10.0 Å². The van der Waals surface area contributed by atoms with Crippen molar-refractivity contribution in [3.05, 3.63) is 42.4 Å². The highest BCUT2D eigenvalue weighted by Crippen LogP contribution is 2.36. The summed E-state index contributed by atoms with van der Waals surface area (Å²) in [7, 11) is -3.70. The number of ether oxygens (including phenoxy) is 1. The van der Waals surface area contributed by atoms with Crippen LogP contribution in [0.3, 0.4) is 0 Å². The van der Waals surface area contributed by atoms with Crippen LogP contribution in [-0.2, 0) is 21.4 Å². The first-order valence-corrected chi connectivity index (χ1v) is 9.09. The van der Waals surface area contributed by atoms with Crippen LogP contribution < -0.4 is 10.1 Å². The maximum atomic E-state index is 13.0. The Bertz CT molecular complexity index is 872. The van der Waals surface area contributed by atoms with Crippen molar-refractivity contribution in [2.24, 2.45) is 0 Å². The predicted octanol–water partition coefficient (Wildman–Crippen LogP) is 1.96. The van der Waals surface area contributed by atoms with Gasteiger partial charge in [-0.15, -0.1) is 0 Å². The summed E-state index contributed by atoms with van der Waals surface area (Å²) in [5.74, 6) is 0.768. The first-order chi connectivity index (χ1) is 11.5. The number of nitrogens with zero attached hydrogens (tertiary/aromatic N) is 1. The number of hydrogen-bond acceptors (Lipinski definition) is 5. The zero-order chi connectivity index (χ0) is 16.7. The molecule has 126 valence electrons. The lowest BCUT2D eigenvalue weighted by atomic mass is 10.2. The molecule has 0 unspecified atom stereocenters. The molecule has 1 N–H and O–H groups in total. The fourth-order valence-corrected chi connectivity index (χ4v) is 4.37. The largest absolute Gasteiger partial charge is 0.482 e. The van der Waals surface area contributed by atoms with E-state index in [2.05, 4.69) is 5.32 Å². The van der Waals surface area contributed by atoms with Crippen LogP contribution in [0.4, 0.5) is 5.69 Å². The fourth-order valence-electron chi connectivity index (χ4n) is 2.69. The minimum Gasteiger partial charge on any atom is -0.482 e. The number of furan rings is 1. The Kier molecular flexibility index (Phi) is 3.58. The maximum Gasteiger partial charge on any atom is 0.262 e. The van der Waals surface area contributed by atoms with Gasteiger partial charge in [0.25, 0.3) is 5.91 Å². The van der Waals surface area contributed by atoms with Crippen LogP contribution in [0.5, 0.6) is 5.75 Å². The van der Waals surface area contributed by atoms with E-state index in [1.54, 1.807) is 18.2 Å². The third kappa shape index (κ3) is 2.78. The smallest absolute Gasteiger partial charge is 0.262 e. The van der Waals surface area contributed by atoms with Gasteiger partial charge in [-0.3, -0.25) is 4.79 Å². The van der Waals surface area contributed by atoms with Crippen molar-refractivity contribution in [3.63, 3.8) is 0 Å². The van der Waals surface area contributed by atoms with Crippen molar-refractivity contribution < 1.29 is 22.4 Å². The van der Waals surface area contributed by atoms with E-state index in [4.69, 9.17) is 9.15 Å². The number of carbonyl (C=O) groups is 1. The minimum absolute atomic E-state index is 0.0121. The molecule has 2 aromatic rings. The molecule has 8 heteroatoms. The molecule has 0 spiro atoms. The molecule has 1 saturated carbocycles. The number of fused-ring (bicyclic) bond motifs is 1. The third-order valence-electron chi connectivity index (χ3n) is 4.04. The number of anilines is 1. The summed E-state index contributed by atoms with van der Waals surface area (Å²) in [5, 5.41) is 2.64. The van der Waals surface area contributed by atoms with Gasteiger partial charge >= 0.3 is 0 Å². The first-order valence-electron chi connectivity index (χ1n) is 7.65. The standard InChI is InChI=1S/C16H16N2O5S/c19-16-10-23-15-6-5-13(8-14(15)17-16)24(20,21)18(11-3-4-11)9-12-2-1-7-22-12/h1-2,5-8,11H,3-4,9-10H2,(H,17,19). The van der Waals surface area contributed by atoms with E-state index in [0.717, 1.165) is 12.8 Å². The fraction of sp³-hybridized carbons (Fsp3) is 0.312. The van der Waals surface area contributed by atoms with Crippen molar-refractivity contribution in [1.29, 1.82) is 0 Å². The number of nitrogens with one attached hydrogen (secondary N) is 1. The van der Waals surface area contributed by atoms with Crippen molar-refractivity contribution in [1.82, 2.24) is 4.31 Å². The third-order valence-corrected chi connectivity index (χ3v) is 5.93. The van der Waals surface area contributed by atoms with E-state index in [1.807, 2.05) is 0 Å². The molecular formula is C16H16N2O5S. The molecule has 4 rings (SSSR count). The van der Waals surface area contributed by atoms with Crippen LogP contribution in [0.1, 0.15) is 18.6 Å². The summed E-state index contributed by atoms with van der Waals surface area (Å²) in [4.78, 5) is 11.6. The maximum absolute atomic E-state index is 13.0. The Hall–Kier alpha value is -2.32. The van der Waals surface area contributed by atoms with Crippen LogP contribution in [-0.4, -0.2) is 31.3 Å². The molecule has 2 aliphatic rings. The van der Waals surface area contributed by atoms with Crippen LogP contribution in [0.15, 0.2) is 45.9 Å². The number of carbonyl (C=O) groups excluding carboxylic acids is 1. The van der Waals surface area contributed by atoms with Gasteiger partial charge in [-0.05, 0) is 43.2 Å². The predicted molar refractivity (Wildman–Crippen MR) is 85.0 cm³/mol. The van der Waals surface area contributed by atoms with Crippen LogP contribution >= 0.6 is 0 Å². The van der Waals surface area contributed by atoms with Gasteiger partial charge in [0.05, 0.1) is 23.4 Å². The lowest BCUT2D eigenvalue weighted by molar-refractivity contribution is -0.118. The molecule has 1 aromatic heterocycles. The highest BCUT2D eigenvalue weighted by atomic mass is 32.2. The monoisotopic (exact) mass is 348 g/mol. The summed E-state index contributed by atoms with van der Waals surface area (Å²) in [6.07, 6.45) is 3.20. The van der Waals surface area contributed by atoms with Gasteiger partial charge in [0.15, 0.2) is 6.61 Å². The Balaban J connectivity index is 1.68. The summed E-state index contributed by atoms with van der Waals surface area (Å²) >= 11 is 0. The van der Waals surface area contributed by atoms with Crippen LogP contribution in [0.25, 0.3) is 0 Å². The quantitative estimate of drug-likeness (QED) is 0.892. The second kappa shape index (κ2) is 5.64. The van der Waals surface area contributed by atoms with E-state index < -0.39 is 10.0 Å². The number of sulfonamides is 1. The van der Waals surface area contributed by atoms with Crippen molar-refractivity contribution in [2.75, 3.05) is 11.9 Å². The van der Waals surface area contributed by atoms with Gasteiger partial charge in [-0.2, -0.15) is 4.31 Å². The SMILES string of the molecule is O=C1COc2ccc(S(=O)(=O)N(Cc3ccco3)C3CC3)cc2N1. The molecule has 24 heavy (non-hydrogen) atoms. The topological polar surface area (TPSA) is 88.9 Å². The highest BCUT2D eigenvalue weighted by molar-refractivity contribution is 7.89. The van der Waals surface area contributed by atoms with Gasteiger partial charge in [0, 0.05) is 6.04 Å². The highest BCUT2D eigenvalue weighted by Gasteiger charge is 2.39. The van der Waals surface area contributed by atoms with E-state index in [-0.39, 0.29) is 30.0 Å². The molecule has 1 fully saturated rings. The molecule has 1 aliphatic carbocycles. The minimum atomic E-state index is -3.70.